The van der Waals surface area contributed by atoms with Gasteiger partial charge in [-0.05, 0) is 5.92 Å². The molecule has 0 heterocycles. The highest BCUT2D eigenvalue weighted by molar-refractivity contribution is 5.76. The van der Waals surface area contributed by atoms with Crippen molar-refractivity contribution in [2.75, 3.05) is 6.61 Å². The van der Waals surface area contributed by atoms with Crippen molar-refractivity contribution in [3.63, 3.8) is 0 Å². The standard InChI is InChI=1S/C9H17NO4/c1-3-6(2)8(10)9(13)14-5-4-7(11)12/h6,8H,3-5,10H2,1-2H3,(H,11,12)/t6-,8-/m0/s1. The number of hydrogen-bond donors (Lipinski definition) is 2. The SMILES string of the molecule is CC[C@H](C)[C@H](N)C(=O)OCCC(=O)O. The number of hydrogen-bond acceptors (Lipinski definition) is 4. The fourth-order valence-corrected chi connectivity index (χ4v) is 0.821. The van der Waals surface area contributed by atoms with Crippen molar-refractivity contribution in [1.29, 1.82) is 0 Å². The van der Waals surface area contributed by atoms with Gasteiger partial charge in [0.1, 0.15) is 12.6 Å². The zero-order valence-corrected chi connectivity index (χ0v) is 8.53. The van der Waals surface area contributed by atoms with E-state index in [0.717, 1.165) is 6.42 Å². The molecular weight excluding hydrogens is 186 g/mol. The van der Waals surface area contributed by atoms with E-state index in [4.69, 9.17) is 15.6 Å². The van der Waals surface area contributed by atoms with Crippen LogP contribution < -0.4 is 5.73 Å². The molecule has 0 unspecified atom stereocenters. The van der Waals surface area contributed by atoms with Crippen molar-refractivity contribution in [2.24, 2.45) is 11.7 Å². The molecule has 3 N–H and O–H groups in total. The number of carboxylic acids is 1. The van der Waals surface area contributed by atoms with Gasteiger partial charge in [-0.1, -0.05) is 20.3 Å². The average molecular weight is 203 g/mol. The maximum absolute atomic E-state index is 11.2. The van der Waals surface area contributed by atoms with E-state index >= 15 is 0 Å². The third-order valence-electron chi connectivity index (χ3n) is 2.09. The van der Waals surface area contributed by atoms with Crippen molar-refractivity contribution in [1.82, 2.24) is 0 Å². The summed E-state index contributed by atoms with van der Waals surface area (Å²) in [5.41, 5.74) is 5.57. The molecule has 0 rings (SSSR count). The summed E-state index contributed by atoms with van der Waals surface area (Å²) in [6.45, 7) is 3.66. The number of ether oxygens (including phenoxy) is 1. The molecule has 0 aliphatic rings. The summed E-state index contributed by atoms with van der Waals surface area (Å²) in [5.74, 6) is -1.47. The highest BCUT2D eigenvalue weighted by atomic mass is 16.5. The number of nitrogens with two attached hydrogens (primary N) is 1. The Morgan fingerprint density at radius 1 is 1.50 bits per heavy atom. The van der Waals surface area contributed by atoms with Crippen molar-refractivity contribution in [3.8, 4) is 0 Å². The molecule has 5 nitrogen and oxygen atoms in total. The summed E-state index contributed by atoms with van der Waals surface area (Å²) in [6.07, 6.45) is 0.605. The monoisotopic (exact) mass is 203 g/mol. The Labute approximate surface area is 83.2 Å². The summed E-state index contributed by atoms with van der Waals surface area (Å²) in [5, 5.41) is 8.30. The Balaban J connectivity index is 3.78. The first-order chi connectivity index (χ1) is 6.49. The van der Waals surface area contributed by atoms with Crippen LogP contribution in [-0.2, 0) is 14.3 Å². The minimum absolute atomic E-state index is 0.0485. The summed E-state index contributed by atoms with van der Waals surface area (Å²) in [7, 11) is 0. The minimum atomic E-state index is -0.991. The first kappa shape index (κ1) is 12.9. The fraction of sp³-hybridized carbons (Fsp3) is 0.778. The van der Waals surface area contributed by atoms with Gasteiger partial charge in [0.15, 0.2) is 0 Å². The maximum Gasteiger partial charge on any atom is 0.323 e. The zero-order valence-electron chi connectivity index (χ0n) is 8.53. The number of esters is 1. The Bertz CT molecular complexity index is 205. The predicted octanol–water partition coefficient (Wildman–Crippen LogP) is 0.378. The first-order valence-electron chi connectivity index (χ1n) is 4.63. The van der Waals surface area contributed by atoms with Gasteiger partial charge in [-0.2, -0.15) is 0 Å². The van der Waals surface area contributed by atoms with Gasteiger partial charge in [-0.25, -0.2) is 0 Å². The first-order valence-corrected chi connectivity index (χ1v) is 4.63. The van der Waals surface area contributed by atoms with E-state index in [1.165, 1.54) is 0 Å². The van der Waals surface area contributed by atoms with Gasteiger partial charge in [0.2, 0.25) is 0 Å². The minimum Gasteiger partial charge on any atom is -0.481 e. The lowest BCUT2D eigenvalue weighted by Crippen LogP contribution is -2.38. The third kappa shape index (κ3) is 4.81. The van der Waals surface area contributed by atoms with Gasteiger partial charge < -0.3 is 15.6 Å². The second-order valence-corrected chi connectivity index (χ2v) is 3.22. The number of rotatable bonds is 6. The summed E-state index contributed by atoms with van der Waals surface area (Å²) >= 11 is 0. The largest absolute Gasteiger partial charge is 0.481 e. The molecule has 0 amide bonds. The summed E-state index contributed by atoms with van der Waals surface area (Å²) < 4.78 is 4.69. The van der Waals surface area contributed by atoms with Crippen LogP contribution in [-0.4, -0.2) is 29.7 Å². The van der Waals surface area contributed by atoms with Crippen molar-refractivity contribution >= 4 is 11.9 Å². The Hall–Kier alpha value is -1.10. The molecule has 82 valence electrons. The molecule has 5 heteroatoms. The lowest BCUT2D eigenvalue weighted by Gasteiger charge is -2.16. The van der Waals surface area contributed by atoms with Gasteiger partial charge in [0.25, 0.3) is 0 Å². The van der Waals surface area contributed by atoms with Crippen LogP contribution in [0.4, 0.5) is 0 Å². The highest BCUT2D eigenvalue weighted by Gasteiger charge is 2.20. The predicted molar refractivity (Wildman–Crippen MR) is 50.6 cm³/mol. The molecule has 2 atom stereocenters. The Kier molecular flexibility index (Phi) is 5.87. The summed E-state index contributed by atoms with van der Waals surface area (Å²) in [6, 6.07) is -0.659. The molecule has 0 aromatic carbocycles. The van der Waals surface area contributed by atoms with E-state index in [1.807, 2.05) is 13.8 Å². The van der Waals surface area contributed by atoms with Crippen LogP contribution in [0.3, 0.4) is 0 Å². The summed E-state index contributed by atoms with van der Waals surface area (Å²) in [4.78, 5) is 21.3. The highest BCUT2D eigenvalue weighted by Crippen LogP contribution is 2.06. The second kappa shape index (κ2) is 6.37. The van der Waals surface area contributed by atoms with Crippen molar-refractivity contribution < 1.29 is 19.4 Å². The zero-order chi connectivity index (χ0) is 11.1. The van der Waals surface area contributed by atoms with E-state index in [-0.39, 0.29) is 18.9 Å². The van der Waals surface area contributed by atoms with Crippen LogP contribution in [0, 0.1) is 5.92 Å². The molecule has 14 heavy (non-hydrogen) atoms. The van der Waals surface area contributed by atoms with Gasteiger partial charge in [-0.3, -0.25) is 9.59 Å². The normalized spacial score (nSPS) is 14.5. The number of carbonyl (C=O) groups is 2. The Morgan fingerprint density at radius 2 is 2.07 bits per heavy atom. The van der Waals surface area contributed by atoms with Gasteiger partial charge in [0, 0.05) is 0 Å². The number of aliphatic carboxylic acids is 1. The molecule has 0 aliphatic carbocycles. The molecule has 0 saturated heterocycles. The molecule has 0 aromatic heterocycles. The van der Waals surface area contributed by atoms with E-state index in [0.29, 0.717) is 0 Å². The van der Waals surface area contributed by atoms with Crippen LogP contribution >= 0.6 is 0 Å². The van der Waals surface area contributed by atoms with Crippen LogP contribution in [0.5, 0.6) is 0 Å². The molecule has 0 fully saturated rings. The van der Waals surface area contributed by atoms with Gasteiger partial charge in [0.05, 0.1) is 6.42 Å². The van der Waals surface area contributed by atoms with E-state index in [9.17, 15) is 9.59 Å². The van der Waals surface area contributed by atoms with Gasteiger partial charge >= 0.3 is 11.9 Å². The topological polar surface area (TPSA) is 89.6 Å². The molecule has 0 radical (unpaired) electrons. The van der Waals surface area contributed by atoms with Gasteiger partial charge in [-0.15, -0.1) is 0 Å². The lowest BCUT2D eigenvalue weighted by molar-refractivity contribution is -0.148. The molecule has 0 saturated carbocycles. The van der Waals surface area contributed by atoms with Crippen LogP contribution in [0.1, 0.15) is 26.7 Å². The molecule has 0 spiro atoms. The second-order valence-electron chi connectivity index (χ2n) is 3.22. The number of carbonyl (C=O) groups excluding carboxylic acids is 1. The van der Waals surface area contributed by atoms with Crippen LogP contribution in [0.15, 0.2) is 0 Å². The van der Waals surface area contributed by atoms with Crippen LogP contribution in [0.25, 0.3) is 0 Å². The van der Waals surface area contributed by atoms with Crippen molar-refractivity contribution in [3.05, 3.63) is 0 Å². The maximum atomic E-state index is 11.2. The fourth-order valence-electron chi connectivity index (χ4n) is 0.821. The molecule has 0 aliphatic heterocycles. The quantitative estimate of drug-likeness (QED) is 0.609. The molecular formula is C9H17NO4. The van der Waals surface area contributed by atoms with E-state index in [2.05, 4.69) is 0 Å². The molecule has 0 bridgehead atoms. The smallest absolute Gasteiger partial charge is 0.323 e. The van der Waals surface area contributed by atoms with E-state index in [1.54, 1.807) is 0 Å². The molecule has 0 aromatic rings. The third-order valence-corrected chi connectivity index (χ3v) is 2.09. The van der Waals surface area contributed by atoms with E-state index < -0.39 is 18.0 Å². The Morgan fingerprint density at radius 3 is 2.50 bits per heavy atom. The lowest BCUT2D eigenvalue weighted by atomic mass is 10.0. The average Bonchev–Trinajstić information content (AvgIpc) is 2.14. The van der Waals surface area contributed by atoms with Crippen LogP contribution in [0.2, 0.25) is 0 Å². The number of carboxylic acid groups (broad SMARTS) is 1. The van der Waals surface area contributed by atoms with Crippen molar-refractivity contribution in [2.45, 2.75) is 32.7 Å².